The quantitative estimate of drug-likeness (QED) is 0.869. The lowest BCUT2D eigenvalue weighted by molar-refractivity contribution is -0.129. The molecule has 25 heavy (non-hydrogen) atoms. The molecule has 0 spiro atoms. The highest BCUT2D eigenvalue weighted by atomic mass is 35.5. The van der Waals surface area contributed by atoms with E-state index in [4.69, 9.17) is 4.74 Å². The van der Waals surface area contributed by atoms with E-state index in [-0.39, 0.29) is 42.7 Å². The summed E-state index contributed by atoms with van der Waals surface area (Å²) in [5.74, 6) is 1.19. The predicted molar refractivity (Wildman–Crippen MR) is 103 cm³/mol. The molecule has 2 aromatic rings. The third kappa shape index (κ3) is 3.34. The Balaban J connectivity index is 0.00000113. The molecule has 2 heterocycles. The normalized spacial score (nSPS) is 21.7. The first-order valence-electron chi connectivity index (χ1n) is 8.03. The van der Waals surface area contributed by atoms with Crippen LogP contribution in [0, 0.1) is 0 Å². The Hall–Kier alpha value is -1.75. The number of rotatable bonds is 2. The molecule has 2 aromatic carbocycles. The molecule has 4 rings (SSSR count). The standard InChI is InChI=1S/C19H20N2O2.2ClH/c1-23-16-9-5-8-14-17(16)15(13-6-3-2-4-7-13)12-21-11-10-20-19(22)18(14)21;;/h2-9,15,18H,10-12H2,1H3,(H,20,22);2*1H/t15-,18+;;/m0../s1. The minimum atomic E-state index is -0.200. The summed E-state index contributed by atoms with van der Waals surface area (Å²) < 4.78 is 5.63. The molecular formula is C19H22Cl2N2O2. The van der Waals surface area contributed by atoms with Crippen LogP contribution in [-0.2, 0) is 4.79 Å². The maximum atomic E-state index is 12.4. The molecule has 1 amide bonds. The van der Waals surface area contributed by atoms with E-state index in [9.17, 15) is 4.79 Å². The van der Waals surface area contributed by atoms with Crippen molar-refractivity contribution in [3.8, 4) is 5.75 Å². The number of nitrogens with one attached hydrogen (secondary N) is 1. The van der Waals surface area contributed by atoms with E-state index >= 15 is 0 Å². The zero-order valence-corrected chi connectivity index (χ0v) is 15.6. The van der Waals surface area contributed by atoms with Crippen LogP contribution in [0.15, 0.2) is 48.5 Å². The number of ether oxygens (including phenoxy) is 1. The predicted octanol–water partition coefficient (Wildman–Crippen LogP) is 3.16. The number of fused-ring (bicyclic) bond motifs is 3. The summed E-state index contributed by atoms with van der Waals surface area (Å²) in [5.41, 5.74) is 3.49. The maximum Gasteiger partial charge on any atom is 0.242 e. The molecule has 0 radical (unpaired) electrons. The summed E-state index contributed by atoms with van der Waals surface area (Å²) in [6, 6.07) is 16.3. The number of carbonyl (C=O) groups excluding carboxylic acids is 1. The van der Waals surface area contributed by atoms with Crippen molar-refractivity contribution in [2.75, 3.05) is 26.7 Å². The molecule has 2 aliphatic rings. The van der Waals surface area contributed by atoms with Crippen LogP contribution in [-0.4, -0.2) is 37.6 Å². The molecule has 1 saturated heterocycles. The van der Waals surface area contributed by atoms with Crippen LogP contribution in [0.5, 0.6) is 5.75 Å². The van der Waals surface area contributed by atoms with Gasteiger partial charge in [-0.1, -0.05) is 42.5 Å². The van der Waals surface area contributed by atoms with E-state index in [0.717, 1.165) is 36.5 Å². The van der Waals surface area contributed by atoms with Gasteiger partial charge in [0.2, 0.25) is 5.91 Å². The molecule has 6 heteroatoms. The van der Waals surface area contributed by atoms with Gasteiger partial charge in [-0.15, -0.1) is 24.8 Å². The number of hydrogen-bond donors (Lipinski definition) is 1. The fourth-order valence-corrected chi connectivity index (χ4v) is 3.88. The van der Waals surface area contributed by atoms with E-state index in [0.29, 0.717) is 0 Å². The van der Waals surface area contributed by atoms with Gasteiger partial charge in [-0.25, -0.2) is 0 Å². The van der Waals surface area contributed by atoms with Crippen molar-refractivity contribution < 1.29 is 9.53 Å². The van der Waals surface area contributed by atoms with E-state index in [1.807, 2.05) is 18.2 Å². The molecule has 1 N–H and O–H groups in total. The monoisotopic (exact) mass is 380 g/mol. The summed E-state index contributed by atoms with van der Waals surface area (Å²) in [5, 5.41) is 2.99. The average Bonchev–Trinajstić information content (AvgIpc) is 2.61. The van der Waals surface area contributed by atoms with Crippen LogP contribution in [0.3, 0.4) is 0 Å². The third-order valence-corrected chi connectivity index (χ3v) is 4.89. The maximum absolute atomic E-state index is 12.4. The second-order valence-corrected chi connectivity index (χ2v) is 6.11. The molecule has 4 nitrogen and oxygen atoms in total. The largest absolute Gasteiger partial charge is 0.496 e. The van der Waals surface area contributed by atoms with Crippen LogP contribution in [0.2, 0.25) is 0 Å². The Labute approximate surface area is 160 Å². The van der Waals surface area contributed by atoms with E-state index in [1.54, 1.807) is 7.11 Å². The van der Waals surface area contributed by atoms with Crippen LogP contribution in [0.25, 0.3) is 0 Å². The van der Waals surface area contributed by atoms with Crippen LogP contribution >= 0.6 is 24.8 Å². The SMILES string of the molecule is COc1cccc2c1[C@H](c1ccccc1)CN1CCNC(=O)[C@@H]21.Cl.Cl. The summed E-state index contributed by atoms with van der Waals surface area (Å²) >= 11 is 0. The number of benzene rings is 2. The van der Waals surface area contributed by atoms with Crippen LogP contribution < -0.4 is 10.1 Å². The minimum Gasteiger partial charge on any atom is -0.496 e. The smallest absolute Gasteiger partial charge is 0.242 e. The third-order valence-electron chi connectivity index (χ3n) is 4.89. The number of hydrogen-bond acceptors (Lipinski definition) is 3. The van der Waals surface area contributed by atoms with Gasteiger partial charge in [-0.2, -0.15) is 0 Å². The van der Waals surface area contributed by atoms with Gasteiger partial charge >= 0.3 is 0 Å². The van der Waals surface area contributed by atoms with Crippen molar-refractivity contribution in [3.05, 3.63) is 65.2 Å². The van der Waals surface area contributed by atoms with Gasteiger partial charge in [-0.05, 0) is 17.2 Å². The second kappa shape index (κ2) is 8.09. The molecule has 2 atom stereocenters. The summed E-state index contributed by atoms with van der Waals surface area (Å²) in [6.07, 6.45) is 0. The van der Waals surface area contributed by atoms with Gasteiger partial charge < -0.3 is 10.1 Å². The molecule has 0 unspecified atom stereocenters. The van der Waals surface area contributed by atoms with Crippen LogP contribution in [0.1, 0.15) is 28.7 Å². The zero-order valence-electron chi connectivity index (χ0n) is 14.0. The van der Waals surface area contributed by atoms with Gasteiger partial charge in [0.25, 0.3) is 0 Å². The molecule has 0 aliphatic carbocycles. The summed E-state index contributed by atoms with van der Waals surface area (Å²) in [6.45, 7) is 2.45. The number of methoxy groups -OCH3 is 1. The number of halogens is 2. The van der Waals surface area contributed by atoms with Crippen molar-refractivity contribution in [1.82, 2.24) is 10.2 Å². The van der Waals surface area contributed by atoms with Crippen molar-refractivity contribution in [2.45, 2.75) is 12.0 Å². The minimum absolute atomic E-state index is 0. The van der Waals surface area contributed by atoms with Crippen molar-refractivity contribution in [3.63, 3.8) is 0 Å². The Kier molecular flexibility index (Phi) is 6.33. The van der Waals surface area contributed by atoms with Crippen LogP contribution in [0.4, 0.5) is 0 Å². The first-order chi connectivity index (χ1) is 11.3. The lowest BCUT2D eigenvalue weighted by Gasteiger charge is -2.43. The van der Waals surface area contributed by atoms with Gasteiger partial charge in [0, 0.05) is 31.1 Å². The molecule has 1 fully saturated rings. The topological polar surface area (TPSA) is 41.6 Å². The second-order valence-electron chi connectivity index (χ2n) is 6.11. The van der Waals surface area contributed by atoms with E-state index in [1.165, 1.54) is 5.56 Å². The molecule has 0 saturated carbocycles. The number of piperazine rings is 1. The number of nitrogens with zero attached hydrogens (tertiary/aromatic N) is 1. The molecule has 2 aliphatic heterocycles. The lowest BCUT2D eigenvalue weighted by Crippen LogP contribution is -2.53. The molecule has 0 aromatic heterocycles. The zero-order chi connectivity index (χ0) is 15.8. The molecular weight excluding hydrogens is 359 g/mol. The molecule has 134 valence electrons. The first-order valence-corrected chi connectivity index (χ1v) is 8.03. The van der Waals surface area contributed by atoms with Gasteiger partial charge in [0.05, 0.1) is 7.11 Å². The Morgan fingerprint density at radius 2 is 1.84 bits per heavy atom. The van der Waals surface area contributed by atoms with E-state index < -0.39 is 0 Å². The van der Waals surface area contributed by atoms with Crippen molar-refractivity contribution in [2.24, 2.45) is 0 Å². The first kappa shape index (κ1) is 19.6. The van der Waals surface area contributed by atoms with E-state index in [2.05, 4.69) is 40.5 Å². The average molecular weight is 381 g/mol. The lowest BCUT2D eigenvalue weighted by atomic mass is 9.80. The van der Waals surface area contributed by atoms with Crippen molar-refractivity contribution >= 4 is 30.7 Å². The van der Waals surface area contributed by atoms with Gasteiger partial charge in [0.1, 0.15) is 11.8 Å². The fourth-order valence-electron chi connectivity index (χ4n) is 3.88. The van der Waals surface area contributed by atoms with Gasteiger partial charge in [0.15, 0.2) is 0 Å². The summed E-state index contributed by atoms with van der Waals surface area (Å²) in [7, 11) is 1.70. The Morgan fingerprint density at radius 3 is 2.56 bits per heavy atom. The van der Waals surface area contributed by atoms with Gasteiger partial charge in [-0.3, -0.25) is 9.69 Å². The number of carbonyl (C=O) groups is 1. The summed E-state index contributed by atoms with van der Waals surface area (Å²) in [4.78, 5) is 14.7. The van der Waals surface area contributed by atoms with Crippen molar-refractivity contribution in [1.29, 1.82) is 0 Å². The highest BCUT2D eigenvalue weighted by Gasteiger charge is 2.40. The highest BCUT2D eigenvalue weighted by molar-refractivity contribution is 5.86. The Bertz CT molecular complexity index is 739. The molecule has 0 bridgehead atoms. The Morgan fingerprint density at radius 1 is 1.08 bits per heavy atom. The fraction of sp³-hybridized carbons (Fsp3) is 0.316. The number of amides is 1. The highest BCUT2D eigenvalue weighted by Crippen LogP contribution is 2.44.